The van der Waals surface area contributed by atoms with Crippen LogP contribution in [0.3, 0.4) is 0 Å². The number of nitrogens with zero attached hydrogens (tertiary/aromatic N) is 1. The smallest absolute Gasteiger partial charge is 0.389 e. The third kappa shape index (κ3) is 8.52. The van der Waals surface area contributed by atoms with Gasteiger partial charge in [0.1, 0.15) is 5.83 Å². The molecule has 0 aliphatic heterocycles. The third-order valence-corrected chi connectivity index (χ3v) is 4.18. The number of halogens is 5. The van der Waals surface area contributed by atoms with Crippen LogP contribution in [0.25, 0.3) is 0 Å². The molecule has 0 unspecified atom stereocenters. The number of nitrogens with one attached hydrogen (secondary N) is 1. The number of anilines is 1. The molecular weight excluding hydrogens is 455 g/mol. The normalized spacial score (nSPS) is 12.2. The molecule has 0 aromatic heterocycles. The number of carbonyl (C=O) groups excluding carboxylic acids is 1. The molecule has 2 N–H and O–H groups in total. The first-order valence-corrected chi connectivity index (χ1v) is 8.57. The lowest BCUT2D eigenvalue weighted by atomic mass is 10.2. The molecule has 0 aliphatic rings. The van der Waals surface area contributed by atoms with E-state index in [1.807, 2.05) is 22.9 Å². The van der Waals surface area contributed by atoms with Crippen LogP contribution in [-0.2, 0) is 6.18 Å². The first-order valence-electron chi connectivity index (χ1n) is 7.61. The Bertz CT molecular complexity index is 576. The van der Waals surface area contributed by atoms with Crippen LogP contribution in [-0.4, -0.2) is 27.4 Å². The molecule has 0 fully saturated rings. The van der Waals surface area contributed by atoms with E-state index in [-0.39, 0.29) is 5.69 Å². The van der Waals surface area contributed by atoms with Gasteiger partial charge in [0.15, 0.2) is 0 Å². The van der Waals surface area contributed by atoms with Crippen LogP contribution in [0.2, 0.25) is 0 Å². The van der Waals surface area contributed by atoms with E-state index >= 15 is 0 Å². The summed E-state index contributed by atoms with van der Waals surface area (Å²) in [6.07, 6.45) is -0.337. The minimum absolute atomic E-state index is 0.282. The number of aliphatic hydroxyl groups is 1. The molecule has 0 atom stereocenters. The first kappa shape index (κ1) is 21.7. The zero-order valence-electron chi connectivity index (χ0n) is 13.3. The summed E-state index contributed by atoms with van der Waals surface area (Å²) in [4.78, 5) is 11.9. The molecular formula is C16H19F4IN2O2. The minimum Gasteiger partial charge on any atom is -0.389 e. The molecule has 1 aromatic rings. The van der Waals surface area contributed by atoms with Crippen molar-refractivity contribution in [3.8, 4) is 0 Å². The summed E-state index contributed by atoms with van der Waals surface area (Å²) in [7, 11) is 0. The largest absolute Gasteiger partial charge is 0.416 e. The summed E-state index contributed by atoms with van der Waals surface area (Å²) in [5, 5.41) is 11.0. The monoisotopic (exact) mass is 474 g/mol. The topological polar surface area (TPSA) is 52.6 Å². The molecule has 2 amide bonds. The molecule has 25 heavy (non-hydrogen) atoms. The third-order valence-electron chi connectivity index (χ3n) is 3.26. The maximum Gasteiger partial charge on any atom is 0.416 e. The maximum atomic E-state index is 12.7. The van der Waals surface area contributed by atoms with E-state index < -0.39 is 30.2 Å². The van der Waals surface area contributed by atoms with Crippen LogP contribution >= 0.6 is 22.9 Å². The number of allylic oxidation sites excluding steroid dienone is 1. The summed E-state index contributed by atoms with van der Waals surface area (Å²) < 4.78 is 51.5. The number of amides is 2. The van der Waals surface area contributed by atoms with Crippen LogP contribution in [0.4, 0.5) is 28.0 Å². The average molecular weight is 474 g/mol. The van der Waals surface area contributed by atoms with Crippen molar-refractivity contribution >= 4 is 34.6 Å². The van der Waals surface area contributed by atoms with Crippen molar-refractivity contribution in [3.05, 3.63) is 41.7 Å². The Hall–Kier alpha value is -1.36. The predicted octanol–water partition coefficient (Wildman–Crippen LogP) is 5.30. The lowest BCUT2D eigenvalue weighted by Gasteiger charge is -2.16. The first-order chi connectivity index (χ1) is 11.7. The highest BCUT2D eigenvalue weighted by molar-refractivity contribution is 14.1. The molecule has 0 radical (unpaired) electrons. The van der Waals surface area contributed by atoms with Crippen molar-refractivity contribution < 1.29 is 27.5 Å². The van der Waals surface area contributed by atoms with Crippen molar-refractivity contribution in [1.82, 2.24) is 3.11 Å². The van der Waals surface area contributed by atoms with Crippen molar-refractivity contribution in [3.63, 3.8) is 0 Å². The SMILES string of the molecule is O=C(Nc1ccc(C(F)(F)F)cc1)N(I)CCCCCC=C(F)CO. The number of carbonyl (C=O) groups is 1. The minimum atomic E-state index is -4.41. The molecule has 1 rings (SSSR count). The second-order valence-corrected chi connectivity index (χ2v) is 6.41. The molecule has 0 heterocycles. The molecule has 0 saturated carbocycles. The lowest BCUT2D eigenvalue weighted by molar-refractivity contribution is -0.137. The van der Waals surface area contributed by atoms with E-state index in [2.05, 4.69) is 5.32 Å². The van der Waals surface area contributed by atoms with Crippen LogP contribution in [0.5, 0.6) is 0 Å². The fourth-order valence-corrected chi connectivity index (χ4v) is 2.38. The number of aliphatic hydroxyl groups excluding tert-OH is 1. The summed E-state index contributed by atoms with van der Waals surface area (Å²) in [6.45, 7) is -0.134. The van der Waals surface area contributed by atoms with Crippen LogP contribution < -0.4 is 5.32 Å². The van der Waals surface area contributed by atoms with Gasteiger partial charge in [-0.1, -0.05) is 12.5 Å². The van der Waals surface area contributed by atoms with Gasteiger partial charge in [-0.25, -0.2) is 9.18 Å². The number of benzene rings is 1. The molecule has 9 heteroatoms. The number of urea groups is 1. The van der Waals surface area contributed by atoms with Gasteiger partial charge in [-0.2, -0.15) is 13.2 Å². The fourth-order valence-electron chi connectivity index (χ4n) is 1.92. The van der Waals surface area contributed by atoms with Gasteiger partial charge in [0.2, 0.25) is 0 Å². The molecule has 0 aliphatic carbocycles. The zero-order chi connectivity index (χ0) is 18.9. The Morgan fingerprint density at radius 3 is 2.40 bits per heavy atom. The molecule has 4 nitrogen and oxygen atoms in total. The molecule has 0 spiro atoms. The molecule has 1 aromatic carbocycles. The summed E-state index contributed by atoms with van der Waals surface area (Å²) >= 11 is 1.83. The summed E-state index contributed by atoms with van der Waals surface area (Å²) in [6, 6.07) is 3.80. The molecule has 140 valence electrons. The van der Waals surface area contributed by atoms with Crippen molar-refractivity contribution in [2.75, 3.05) is 18.5 Å². The second kappa shape index (κ2) is 10.6. The van der Waals surface area contributed by atoms with Gasteiger partial charge in [-0.3, -0.25) is 3.11 Å². The highest BCUT2D eigenvalue weighted by atomic mass is 127. The van der Waals surface area contributed by atoms with Gasteiger partial charge in [0.25, 0.3) is 0 Å². The van der Waals surface area contributed by atoms with E-state index in [9.17, 15) is 22.4 Å². The second-order valence-electron chi connectivity index (χ2n) is 5.25. The Balaban J connectivity index is 2.32. The summed E-state index contributed by atoms with van der Waals surface area (Å²) in [5.74, 6) is -0.550. The van der Waals surface area contributed by atoms with Gasteiger partial charge < -0.3 is 10.4 Å². The Kier molecular flexibility index (Phi) is 9.19. The number of hydrogen-bond acceptors (Lipinski definition) is 2. The standard InChI is InChI=1S/C16H19F4IN2O2/c17-13(11-24)5-3-1-2-4-10-23(21)15(25)22-14-8-6-12(7-9-14)16(18,19)20/h5-9,24H,1-4,10-11H2,(H,22,25). The van der Waals surface area contributed by atoms with Gasteiger partial charge in [0.05, 0.1) is 35.0 Å². The lowest BCUT2D eigenvalue weighted by Crippen LogP contribution is -2.27. The zero-order valence-corrected chi connectivity index (χ0v) is 15.5. The van der Waals surface area contributed by atoms with Crippen molar-refractivity contribution in [2.45, 2.75) is 31.9 Å². The number of unbranched alkanes of at least 4 members (excludes halogenated alkanes) is 3. The molecule has 0 bridgehead atoms. The van der Waals surface area contributed by atoms with Crippen molar-refractivity contribution in [2.24, 2.45) is 0 Å². The molecule has 0 saturated heterocycles. The van der Waals surface area contributed by atoms with E-state index in [4.69, 9.17) is 5.11 Å². The van der Waals surface area contributed by atoms with Crippen molar-refractivity contribution in [1.29, 1.82) is 0 Å². The van der Waals surface area contributed by atoms with E-state index in [0.29, 0.717) is 19.4 Å². The average Bonchev–Trinajstić information content (AvgIpc) is 2.57. The number of hydrogen-bond donors (Lipinski definition) is 2. The fraction of sp³-hybridized carbons (Fsp3) is 0.438. The summed E-state index contributed by atoms with van der Waals surface area (Å²) in [5.41, 5.74) is -0.493. The van der Waals surface area contributed by atoms with Gasteiger partial charge in [-0.15, -0.1) is 0 Å². The highest BCUT2D eigenvalue weighted by Crippen LogP contribution is 2.29. The van der Waals surface area contributed by atoms with Gasteiger partial charge in [0, 0.05) is 12.2 Å². The van der Waals surface area contributed by atoms with Crippen LogP contribution in [0.1, 0.15) is 31.2 Å². The Labute approximate surface area is 157 Å². The van der Waals surface area contributed by atoms with Gasteiger partial charge in [-0.05, 0) is 43.5 Å². The van der Waals surface area contributed by atoms with Crippen LogP contribution in [0.15, 0.2) is 36.2 Å². The number of rotatable bonds is 8. The Morgan fingerprint density at radius 1 is 1.20 bits per heavy atom. The van der Waals surface area contributed by atoms with E-state index in [1.165, 1.54) is 21.3 Å². The quantitative estimate of drug-likeness (QED) is 0.233. The highest BCUT2D eigenvalue weighted by Gasteiger charge is 2.30. The predicted molar refractivity (Wildman–Crippen MR) is 95.9 cm³/mol. The Morgan fingerprint density at radius 2 is 1.84 bits per heavy atom. The number of alkyl halides is 3. The van der Waals surface area contributed by atoms with E-state index in [1.54, 1.807) is 0 Å². The van der Waals surface area contributed by atoms with Crippen LogP contribution in [0, 0.1) is 0 Å². The van der Waals surface area contributed by atoms with Gasteiger partial charge >= 0.3 is 12.2 Å². The van der Waals surface area contributed by atoms with E-state index in [0.717, 1.165) is 25.0 Å². The maximum absolute atomic E-state index is 12.7.